The first-order valence-electron chi connectivity index (χ1n) is 5.73. The molecule has 0 amide bonds. The third kappa shape index (κ3) is 3.91. The third-order valence-corrected chi connectivity index (χ3v) is 2.43. The second-order valence-electron chi connectivity index (χ2n) is 4.05. The molecule has 0 saturated carbocycles. The van der Waals surface area contributed by atoms with Gasteiger partial charge in [-0.25, -0.2) is 9.67 Å². The number of hydrogen-bond acceptors (Lipinski definition) is 5. The van der Waals surface area contributed by atoms with Crippen molar-refractivity contribution in [3.05, 3.63) is 35.8 Å². The van der Waals surface area contributed by atoms with E-state index in [9.17, 15) is 18.0 Å². The maximum atomic E-state index is 12.7. The first-order valence-corrected chi connectivity index (χ1v) is 5.73. The second-order valence-corrected chi connectivity index (χ2v) is 4.05. The Balaban J connectivity index is 2.07. The molecular formula is C11H10F3N5O2. The number of alkyl halides is 3. The number of hydrogen-bond donors (Lipinski definition) is 2. The summed E-state index contributed by atoms with van der Waals surface area (Å²) in [4.78, 5) is 14.1. The molecule has 0 atom stereocenters. The summed E-state index contributed by atoms with van der Waals surface area (Å²) in [7, 11) is 0. The molecule has 2 aromatic heterocycles. The largest absolute Gasteiger partial charge is 0.480 e. The number of nitrogens with one attached hydrogen (secondary N) is 1. The average molecular weight is 301 g/mol. The summed E-state index contributed by atoms with van der Waals surface area (Å²) in [6.45, 7) is -0.426. The van der Waals surface area contributed by atoms with Crippen LogP contribution in [0.4, 0.5) is 19.0 Å². The van der Waals surface area contributed by atoms with Crippen LogP contribution in [0.2, 0.25) is 0 Å². The number of anilines is 1. The highest BCUT2D eigenvalue weighted by Crippen LogP contribution is 2.33. The van der Waals surface area contributed by atoms with Gasteiger partial charge in [0, 0.05) is 6.20 Å². The predicted octanol–water partition coefficient (Wildman–Crippen LogP) is 1.39. The zero-order chi connectivity index (χ0) is 15.5. The van der Waals surface area contributed by atoms with E-state index < -0.39 is 17.7 Å². The lowest BCUT2D eigenvalue weighted by molar-refractivity contribution is -0.138. The molecule has 0 aromatic carbocycles. The Morgan fingerprint density at radius 3 is 2.86 bits per heavy atom. The smallest absolute Gasteiger partial charge is 0.419 e. The van der Waals surface area contributed by atoms with Crippen molar-refractivity contribution in [2.24, 2.45) is 0 Å². The molecule has 2 heterocycles. The van der Waals surface area contributed by atoms with Crippen molar-refractivity contribution in [1.29, 1.82) is 0 Å². The summed E-state index contributed by atoms with van der Waals surface area (Å²) in [6.07, 6.45) is -1.95. The van der Waals surface area contributed by atoms with Crippen LogP contribution in [0.25, 0.3) is 0 Å². The number of halogens is 3. The predicted molar refractivity (Wildman–Crippen MR) is 64.2 cm³/mol. The van der Waals surface area contributed by atoms with Gasteiger partial charge < -0.3 is 10.4 Å². The van der Waals surface area contributed by atoms with Gasteiger partial charge in [-0.05, 0) is 12.1 Å². The molecule has 2 rings (SSSR count). The van der Waals surface area contributed by atoms with Gasteiger partial charge in [-0.1, -0.05) is 5.21 Å². The fourth-order valence-corrected chi connectivity index (χ4v) is 1.58. The Bertz CT molecular complexity index is 641. The van der Waals surface area contributed by atoms with Gasteiger partial charge in [0.1, 0.15) is 18.1 Å². The number of nitrogens with zero attached hydrogens (tertiary/aromatic N) is 4. The number of carboxylic acid groups (broad SMARTS) is 1. The van der Waals surface area contributed by atoms with Gasteiger partial charge in [-0.2, -0.15) is 13.2 Å². The molecular weight excluding hydrogens is 291 g/mol. The monoisotopic (exact) mass is 301 g/mol. The van der Waals surface area contributed by atoms with Crippen LogP contribution in [0.3, 0.4) is 0 Å². The molecule has 7 nitrogen and oxygen atoms in total. The number of aliphatic carboxylic acids is 1. The van der Waals surface area contributed by atoms with Crippen LogP contribution in [0.15, 0.2) is 24.5 Å². The summed E-state index contributed by atoms with van der Waals surface area (Å²) >= 11 is 0. The van der Waals surface area contributed by atoms with Gasteiger partial charge in [0.2, 0.25) is 0 Å². The van der Waals surface area contributed by atoms with Gasteiger partial charge in [0.15, 0.2) is 0 Å². The Hall–Kier alpha value is -2.65. The highest BCUT2D eigenvalue weighted by atomic mass is 19.4. The van der Waals surface area contributed by atoms with E-state index in [4.69, 9.17) is 5.11 Å². The van der Waals surface area contributed by atoms with Crippen molar-refractivity contribution in [2.45, 2.75) is 19.3 Å². The minimum atomic E-state index is -4.52. The molecule has 10 heteroatoms. The van der Waals surface area contributed by atoms with Crippen LogP contribution in [0.5, 0.6) is 0 Å². The van der Waals surface area contributed by atoms with Gasteiger partial charge >= 0.3 is 12.1 Å². The molecule has 112 valence electrons. The number of rotatable bonds is 5. The quantitative estimate of drug-likeness (QED) is 0.867. The normalized spacial score (nSPS) is 11.4. The van der Waals surface area contributed by atoms with E-state index in [1.807, 2.05) is 0 Å². The number of pyridine rings is 1. The summed E-state index contributed by atoms with van der Waals surface area (Å²) < 4.78 is 39.3. The lowest BCUT2D eigenvalue weighted by Crippen LogP contribution is -2.12. The van der Waals surface area contributed by atoms with E-state index in [0.717, 1.165) is 10.7 Å². The fraction of sp³-hybridized carbons (Fsp3) is 0.273. The zero-order valence-electron chi connectivity index (χ0n) is 10.5. The van der Waals surface area contributed by atoms with Crippen molar-refractivity contribution in [1.82, 2.24) is 20.0 Å². The van der Waals surface area contributed by atoms with Crippen molar-refractivity contribution >= 4 is 11.8 Å². The van der Waals surface area contributed by atoms with E-state index >= 15 is 0 Å². The van der Waals surface area contributed by atoms with Crippen LogP contribution >= 0.6 is 0 Å². The Labute approximate surface area is 116 Å². The van der Waals surface area contributed by atoms with Crippen LogP contribution in [-0.4, -0.2) is 31.1 Å². The zero-order valence-corrected chi connectivity index (χ0v) is 10.5. The molecule has 2 N–H and O–H groups in total. The highest BCUT2D eigenvalue weighted by molar-refractivity contribution is 5.66. The van der Waals surface area contributed by atoms with Crippen molar-refractivity contribution < 1.29 is 23.1 Å². The SMILES string of the molecule is O=C(O)Cn1cc(CNc2ncccc2C(F)(F)F)nn1. The van der Waals surface area contributed by atoms with E-state index in [1.54, 1.807) is 0 Å². The standard InChI is InChI=1S/C11H10F3N5O2/c12-11(13,14)8-2-1-3-15-10(8)16-4-7-5-19(18-17-7)6-9(20)21/h1-3,5H,4,6H2,(H,15,16)(H,20,21). The highest BCUT2D eigenvalue weighted by Gasteiger charge is 2.34. The number of carboxylic acids is 1. The maximum Gasteiger partial charge on any atom is 0.419 e. The Morgan fingerprint density at radius 2 is 2.19 bits per heavy atom. The molecule has 0 unspecified atom stereocenters. The second kappa shape index (κ2) is 5.77. The van der Waals surface area contributed by atoms with Crippen molar-refractivity contribution in [2.75, 3.05) is 5.32 Å². The molecule has 21 heavy (non-hydrogen) atoms. The summed E-state index contributed by atoms with van der Waals surface area (Å²) in [5.74, 6) is -1.42. The van der Waals surface area contributed by atoms with Crippen LogP contribution in [-0.2, 0) is 24.1 Å². The molecule has 0 saturated heterocycles. The topological polar surface area (TPSA) is 92.9 Å². The fourth-order valence-electron chi connectivity index (χ4n) is 1.58. The Kier molecular flexibility index (Phi) is 4.05. The van der Waals surface area contributed by atoms with Crippen LogP contribution in [0.1, 0.15) is 11.3 Å². The first-order chi connectivity index (χ1) is 9.86. The molecule has 0 spiro atoms. The number of carbonyl (C=O) groups is 1. The van der Waals surface area contributed by atoms with Gasteiger partial charge in [0.05, 0.1) is 18.3 Å². The molecule has 0 aliphatic carbocycles. The van der Waals surface area contributed by atoms with E-state index in [0.29, 0.717) is 5.69 Å². The molecule has 0 aliphatic rings. The Morgan fingerprint density at radius 1 is 1.43 bits per heavy atom. The van der Waals surface area contributed by atoms with Gasteiger partial charge in [-0.3, -0.25) is 4.79 Å². The number of aromatic nitrogens is 4. The minimum Gasteiger partial charge on any atom is -0.480 e. The summed E-state index contributed by atoms with van der Waals surface area (Å²) in [5.41, 5.74) is -0.585. The third-order valence-electron chi connectivity index (χ3n) is 2.43. The molecule has 0 aliphatic heterocycles. The van der Waals surface area contributed by atoms with Crippen LogP contribution < -0.4 is 5.32 Å². The van der Waals surface area contributed by atoms with Gasteiger partial charge in [-0.15, -0.1) is 5.10 Å². The van der Waals surface area contributed by atoms with E-state index in [2.05, 4.69) is 20.6 Å². The van der Waals surface area contributed by atoms with Crippen LogP contribution in [0, 0.1) is 0 Å². The van der Waals surface area contributed by atoms with Gasteiger partial charge in [0.25, 0.3) is 0 Å². The maximum absolute atomic E-state index is 12.7. The minimum absolute atomic E-state index is 0.0558. The summed E-state index contributed by atoms with van der Waals surface area (Å²) in [6, 6.07) is 2.10. The molecule has 2 aromatic rings. The van der Waals surface area contributed by atoms with E-state index in [1.165, 1.54) is 18.5 Å². The molecule has 0 bridgehead atoms. The first kappa shape index (κ1) is 14.8. The lowest BCUT2D eigenvalue weighted by atomic mass is 10.2. The molecule has 0 fully saturated rings. The molecule has 0 radical (unpaired) electrons. The average Bonchev–Trinajstić information content (AvgIpc) is 2.82. The lowest BCUT2D eigenvalue weighted by Gasteiger charge is -2.12. The summed E-state index contributed by atoms with van der Waals surface area (Å²) in [5, 5.41) is 18.3. The van der Waals surface area contributed by atoms with Crippen molar-refractivity contribution in [3.8, 4) is 0 Å². The van der Waals surface area contributed by atoms with E-state index in [-0.39, 0.29) is 18.9 Å². The van der Waals surface area contributed by atoms with Crippen molar-refractivity contribution in [3.63, 3.8) is 0 Å².